The molecule has 21 heavy (non-hydrogen) atoms. The molecule has 0 atom stereocenters. The standard InChI is InChI=1S/C14H16N4O2S/c1-8-5-9(13(20)16-2)3-4-11(8)18-12(19)6-10-7-21-14(15)17-10/h3-5,7H,6H2,1-2H3,(H2,15,17)(H,16,20)(H,18,19). The lowest BCUT2D eigenvalue weighted by molar-refractivity contribution is -0.115. The zero-order valence-corrected chi connectivity index (χ0v) is 12.6. The highest BCUT2D eigenvalue weighted by Gasteiger charge is 2.10. The first-order chi connectivity index (χ1) is 9.99. The molecule has 0 saturated carbocycles. The molecule has 1 aromatic carbocycles. The molecule has 0 bridgehead atoms. The van der Waals surface area contributed by atoms with Crippen molar-refractivity contribution in [2.45, 2.75) is 13.3 Å². The Balaban J connectivity index is 2.05. The first-order valence-electron chi connectivity index (χ1n) is 6.32. The third-order valence-electron chi connectivity index (χ3n) is 2.90. The van der Waals surface area contributed by atoms with E-state index in [2.05, 4.69) is 15.6 Å². The highest BCUT2D eigenvalue weighted by Crippen LogP contribution is 2.17. The number of benzene rings is 1. The van der Waals surface area contributed by atoms with Gasteiger partial charge in [-0.2, -0.15) is 0 Å². The van der Waals surface area contributed by atoms with Gasteiger partial charge in [0, 0.05) is 23.7 Å². The van der Waals surface area contributed by atoms with E-state index in [1.54, 1.807) is 30.6 Å². The lowest BCUT2D eigenvalue weighted by Crippen LogP contribution is -2.19. The number of aryl methyl sites for hydroxylation is 1. The molecule has 0 fully saturated rings. The summed E-state index contributed by atoms with van der Waals surface area (Å²) in [5, 5.41) is 7.57. The molecular formula is C14H16N4O2S. The number of nitrogens with two attached hydrogens (primary N) is 1. The van der Waals surface area contributed by atoms with Crippen LogP contribution in [0.4, 0.5) is 10.8 Å². The van der Waals surface area contributed by atoms with Crippen LogP contribution in [0.15, 0.2) is 23.6 Å². The van der Waals surface area contributed by atoms with E-state index in [9.17, 15) is 9.59 Å². The van der Waals surface area contributed by atoms with Crippen molar-refractivity contribution in [3.8, 4) is 0 Å². The number of carbonyl (C=O) groups excluding carboxylic acids is 2. The third-order valence-corrected chi connectivity index (χ3v) is 3.62. The Morgan fingerprint density at radius 2 is 2.14 bits per heavy atom. The molecular weight excluding hydrogens is 288 g/mol. The fourth-order valence-electron chi connectivity index (χ4n) is 1.85. The molecule has 0 saturated heterocycles. The Morgan fingerprint density at radius 1 is 1.38 bits per heavy atom. The van der Waals surface area contributed by atoms with Crippen LogP contribution in [0.1, 0.15) is 21.6 Å². The van der Waals surface area contributed by atoms with Crippen molar-refractivity contribution in [3.05, 3.63) is 40.4 Å². The monoisotopic (exact) mass is 304 g/mol. The number of aromatic nitrogens is 1. The van der Waals surface area contributed by atoms with Crippen molar-refractivity contribution < 1.29 is 9.59 Å². The fraction of sp³-hybridized carbons (Fsp3) is 0.214. The van der Waals surface area contributed by atoms with Crippen LogP contribution in [0.3, 0.4) is 0 Å². The summed E-state index contributed by atoms with van der Waals surface area (Å²) in [6.07, 6.45) is 0.171. The maximum Gasteiger partial charge on any atom is 0.251 e. The number of amides is 2. The van der Waals surface area contributed by atoms with Crippen molar-refractivity contribution in [2.75, 3.05) is 18.1 Å². The molecule has 0 aliphatic rings. The van der Waals surface area contributed by atoms with Crippen LogP contribution in [-0.2, 0) is 11.2 Å². The SMILES string of the molecule is CNC(=O)c1ccc(NC(=O)Cc2csc(N)n2)c(C)c1. The molecule has 1 aromatic heterocycles. The molecule has 0 unspecified atom stereocenters. The van der Waals surface area contributed by atoms with E-state index in [1.807, 2.05) is 6.92 Å². The van der Waals surface area contributed by atoms with Gasteiger partial charge in [0.15, 0.2) is 5.13 Å². The number of nitrogens with one attached hydrogen (secondary N) is 2. The molecule has 0 spiro atoms. The van der Waals surface area contributed by atoms with E-state index in [0.29, 0.717) is 22.1 Å². The average molecular weight is 304 g/mol. The van der Waals surface area contributed by atoms with Crippen LogP contribution in [0.5, 0.6) is 0 Å². The van der Waals surface area contributed by atoms with Gasteiger partial charge in [-0.05, 0) is 30.7 Å². The van der Waals surface area contributed by atoms with Crippen LogP contribution >= 0.6 is 11.3 Å². The molecule has 2 aromatic rings. The van der Waals surface area contributed by atoms with Crippen LogP contribution < -0.4 is 16.4 Å². The van der Waals surface area contributed by atoms with E-state index < -0.39 is 0 Å². The second kappa shape index (κ2) is 6.36. The van der Waals surface area contributed by atoms with Gasteiger partial charge < -0.3 is 16.4 Å². The van der Waals surface area contributed by atoms with Gasteiger partial charge in [0.1, 0.15) is 0 Å². The summed E-state index contributed by atoms with van der Waals surface area (Å²) in [5.41, 5.74) is 8.23. The summed E-state index contributed by atoms with van der Waals surface area (Å²) < 4.78 is 0. The zero-order chi connectivity index (χ0) is 15.4. The lowest BCUT2D eigenvalue weighted by atomic mass is 10.1. The van der Waals surface area contributed by atoms with Gasteiger partial charge in [-0.1, -0.05) is 0 Å². The molecule has 0 radical (unpaired) electrons. The highest BCUT2D eigenvalue weighted by atomic mass is 32.1. The predicted molar refractivity (Wildman–Crippen MR) is 83.4 cm³/mol. The minimum atomic E-state index is -0.170. The molecule has 0 aliphatic heterocycles. The van der Waals surface area contributed by atoms with E-state index in [1.165, 1.54) is 11.3 Å². The largest absolute Gasteiger partial charge is 0.375 e. The summed E-state index contributed by atoms with van der Waals surface area (Å²) in [6.45, 7) is 1.84. The molecule has 2 amide bonds. The maximum absolute atomic E-state index is 12.0. The zero-order valence-electron chi connectivity index (χ0n) is 11.8. The minimum absolute atomic E-state index is 0.158. The number of nitrogens with zero attached hydrogens (tertiary/aromatic N) is 1. The van der Waals surface area contributed by atoms with Crippen LogP contribution in [0.2, 0.25) is 0 Å². The lowest BCUT2D eigenvalue weighted by Gasteiger charge is -2.09. The van der Waals surface area contributed by atoms with Gasteiger partial charge in [-0.15, -0.1) is 11.3 Å². The summed E-state index contributed by atoms with van der Waals surface area (Å²) in [6, 6.07) is 5.12. The van der Waals surface area contributed by atoms with Crippen LogP contribution in [-0.4, -0.2) is 23.8 Å². The van der Waals surface area contributed by atoms with Crippen LogP contribution in [0, 0.1) is 6.92 Å². The second-order valence-electron chi connectivity index (χ2n) is 4.51. The smallest absolute Gasteiger partial charge is 0.251 e. The molecule has 1 heterocycles. The Morgan fingerprint density at radius 3 is 2.71 bits per heavy atom. The molecule has 110 valence electrons. The van der Waals surface area contributed by atoms with Crippen molar-refractivity contribution in [2.24, 2.45) is 0 Å². The van der Waals surface area contributed by atoms with Crippen molar-refractivity contribution >= 4 is 34.0 Å². The van der Waals surface area contributed by atoms with Gasteiger partial charge >= 0.3 is 0 Å². The van der Waals surface area contributed by atoms with Crippen molar-refractivity contribution in [3.63, 3.8) is 0 Å². The third kappa shape index (κ3) is 3.79. The number of nitrogen functional groups attached to an aromatic ring is 1. The number of carbonyl (C=O) groups is 2. The van der Waals surface area contributed by atoms with E-state index >= 15 is 0 Å². The van der Waals surface area contributed by atoms with Gasteiger partial charge in [0.2, 0.25) is 5.91 Å². The summed E-state index contributed by atoms with van der Waals surface area (Å²) in [4.78, 5) is 27.5. The van der Waals surface area contributed by atoms with Crippen LogP contribution in [0.25, 0.3) is 0 Å². The fourth-order valence-corrected chi connectivity index (χ4v) is 2.42. The first-order valence-corrected chi connectivity index (χ1v) is 7.20. The van der Waals surface area contributed by atoms with Gasteiger partial charge in [0.25, 0.3) is 5.91 Å². The molecule has 2 rings (SSSR count). The van der Waals surface area contributed by atoms with E-state index in [0.717, 1.165) is 5.56 Å². The molecule has 7 heteroatoms. The summed E-state index contributed by atoms with van der Waals surface area (Å²) >= 11 is 1.31. The Hall–Kier alpha value is -2.41. The predicted octanol–water partition coefficient (Wildman–Crippen LogP) is 1.57. The normalized spacial score (nSPS) is 10.2. The van der Waals surface area contributed by atoms with E-state index in [-0.39, 0.29) is 18.2 Å². The summed E-state index contributed by atoms with van der Waals surface area (Å²) in [5.74, 6) is -0.329. The summed E-state index contributed by atoms with van der Waals surface area (Å²) in [7, 11) is 1.58. The number of anilines is 2. The molecule has 6 nitrogen and oxygen atoms in total. The topological polar surface area (TPSA) is 97.1 Å². The molecule has 4 N–H and O–H groups in total. The maximum atomic E-state index is 12.0. The Labute approximate surface area is 126 Å². The number of rotatable bonds is 4. The minimum Gasteiger partial charge on any atom is -0.375 e. The van der Waals surface area contributed by atoms with Gasteiger partial charge in [-0.3, -0.25) is 9.59 Å². The van der Waals surface area contributed by atoms with Gasteiger partial charge in [-0.25, -0.2) is 4.98 Å². The Kier molecular flexibility index (Phi) is 4.54. The van der Waals surface area contributed by atoms with Crippen molar-refractivity contribution in [1.29, 1.82) is 0 Å². The highest BCUT2D eigenvalue weighted by molar-refractivity contribution is 7.13. The van der Waals surface area contributed by atoms with Gasteiger partial charge in [0.05, 0.1) is 12.1 Å². The Bertz CT molecular complexity index is 681. The van der Waals surface area contributed by atoms with Crippen molar-refractivity contribution in [1.82, 2.24) is 10.3 Å². The number of thiazole rings is 1. The number of hydrogen-bond donors (Lipinski definition) is 3. The quantitative estimate of drug-likeness (QED) is 0.798. The molecule has 0 aliphatic carbocycles. The second-order valence-corrected chi connectivity index (χ2v) is 5.40. The average Bonchev–Trinajstić information content (AvgIpc) is 2.85. The van der Waals surface area contributed by atoms with E-state index in [4.69, 9.17) is 5.73 Å². The first kappa shape index (κ1) is 15.0. The number of hydrogen-bond acceptors (Lipinski definition) is 5.